The summed E-state index contributed by atoms with van der Waals surface area (Å²) in [7, 11) is 0. The van der Waals surface area contributed by atoms with Crippen LogP contribution in [0.25, 0.3) is 11.3 Å². The third-order valence-corrected chi connectivity index (χ3v) is 2.25. The van der Waals surface area contributed by atoms with Crippen molar-refractivity contribution in [3.8, 4) is 11.3 Å². The van der Waals surface area contributed by atoms with Gasteiger partial charge in [-0.3, -0.25) is 0 Å². The minimum Gasteiger partial charge on any atom is -0.462 e. The van der Waals surface area contributed by atoms with Gasteiger partial charge in [0, 0.05) is 5.56 Å². The molecule has 0 bridgehead atoms. The molecular formula is C12H12N2O3. The van der Waals surface area contributed by atoms with Gasteiger partial charge < -0.3 is 15.0 Å². The maximum absolute atomic E-state index is 11.7. The Balaban J connectivity index is 2.46. The van der Waals surface area contributed by atoms with Crippen LogP contribution in [0.2, 0.25) is 0 Å². The molecule has 0 fully saturated rings. The third kappa shape index (κ3) is 2.13. The SMILES string of the molecule is CCOC(=O)c1c(-c2ccccc2)noc1N. The molecule has 0 atom stereocenters. The second-order valence-corrected chi connectivity index (χ2v) is 3.36. The quantitative estimate of drug-likeness (QED) is 0.820. The summed E-state index contributed by atoms with van der Waals surface area (Å²) in [5.74, 6) is -0.549. The van der Waals surface area contributed by atoms with E-state index in [1.807, 2.05) is 30.3 Å². The topological polar surface area (TPSA) is 78.3 Å². The maximum Gasteiger partial charge on any atom is 0.346 e. The molecule has 1 aromatic heterocycles. The highest BCUT2D eigenvalue weighted by atomic mass is 16.5. The third-order valence-electron chi connectivity index (χ3n) is 2.25. The lowest BCUT2D eigenvalue weighted by Gasteiger charge is -2.01. The standard InChI is InChI=1S/C12H12N2O3/c1-2-16-12(15)9-10(14-17-11(9)13)8-6-4-3-5-7-8/h3-7H,2,13H2,1H3. The number of anilines is 1. The molecule has 0 amide bonds. The van der Waals surface area contributed by atoms with Gasteiger partial charge in [0.2, 0.25) is 5.88 Å². The van der Waals surface area contributed by atoms with Crippen LogP contribution in [-0.2, 0) is 4.74 Å². The molecule has 0 radical (unpaired) electrons. The van der Waals surface area contributed by atoms with Crippen molar-refractivity contribution < 1.29 is 14.1 Å². The molecule has 0 aliphatic carbocycles. The van der Waals surface area contributed by atoms with Gasteiger partial charge in [0.1, 0.15) is 5.69 Å². The van der Waals surface area contributed by atoms with Gasteiger partial charge in [0.25, 0.3) is 0 Å². The zero-order chi connectivity index (χ0) is 12.3. The van der Waals surface area contributed by atoms with E-state index in [-0.39, 0.29) is 18.1 Å². The van der Waals surface area contributed by atoms with E-state index in [9.17, 15) is 4.79 Å². The minimum absolute atomic E-state index is 0.0256. The Kier molecular flexibility index (Phi) is 3.09. The lowest BCUT2D eigenvalue weighted by atomic mass is 10.1. The summed E-state index contributed by atoms with van der Waals surface area (Å²) in [4.78, 5) is 11.7. The maximum atomic E-state index is 11.7. The van der Waals surface area contributed by atoms with E-state index in [1.54, 1.807) is 6.92 Å². The summed E-state index contributed by atoms with van der Waals surface area (Å²) < 4.78 is 9.75. The van der Waals surface area contributed by atoms with Crippen molar-refractivity contribution in [2.24, 2.45) is 0 Å². The summed E-state index contributed by atoms with van der Waals surface area (Å²) >= 11 is 0. The fourth-order valence-electron chi connectivity index (χ4n) is 1.50. The summed E-state index contributed by atoms with van der Waals surface area (Å²) in [6.45, 7) is 2.00. The fourth-order valence-corrected chi connectivity index (χ4v) is 1.50. The molecule has 2 N–H and O–H groups in total. The first-order valence-electron chi connectivity index (χ1n) is 5.21. The first kappa shape index (κ1) is 11.2. The van der Waals surface area contributed by atoms with Crippen molar-refractivity contribution in [3.05, 3.63) is 35.9 Å². The summed E-state index contributed by atoms with van der Waals surface area (Å²) in [5, 5.41) is 3.79. The van der Waals surface area contributed by atoms with Crippen molar-refractivity contribution in [3.63, 3.8) is 0 Å². The number of hydrogen-bond donors (Lipinski definition) is 1. The molecule has 5 heteroatoms. The number of carbonyl (C=O) groups is 1. The van der Waals surface area contributed by atoms with Crippen LogP contribution in [0.1, 0.15) is 17.3 Å². The Labute approximate surface area is 98.2 Å². The Morgan fingerprint density at radius 2 is 2.12 bits per heavy atom. The van der Waals surface area contributed by atoms with E-state index in [4.69, 9.17) is 15.0 Å². The van der Waals surface area contributed by atoms with Crippen molar-refractivity contribution >= 4 is 11.9 Å². The minimum atomic E-state index is -0.523. The van der Waals surface area contributed by atoms with Crippen LogP contribution in [0.4, 0.5) is 5.88 Å². The van der Waals surface area contributed by atoms with Gasteiger partial charge in [-0.1, -0.05) is 35.5 Å². The first-order chi connectivity index (χ1) is 8.24. The average molecular weight is 232 g/mol. The number of nitrogen functional groups attached to an aromatic ring is 1. The van der Waals surface area contributed by atoms with Crippen LogP contribution < -0.4 is 5.73 Å². The van der Waals surface area contributed by atoms with Gasteiger partial charge in [0.05, 0.1) is 6.61 Å². The smallest absolute Gasteiger partial charge is 0.346 e. The number of benzene rings is 1. The van der Waals surface area contributed by atoms with E-state index >= 15 is 0 Å². The summed E-state index contributed by atoms with van der Waals surface area (Å²) in [6, 6.07) is 9.20. The molecule has 0 spiro atoms. The van der Waals surface area contributed by atoms with Crippen molar-refractivity contribution in [2.45, 2.75) is 6.92 Å². The first-order valence-corrected chi connectivity index (χ1v) is 5.21. The average Bonchev–Trinajstić information content (AvgIpc) is 2.73. The number of nitrogens with zero attached hydrogens (tertiary/aromatic N) is 1. The van der Waals surface area contributed by atoms with Gasteiger partial charge in [-0.2, -0.15) is 0 Å². The Bertz CT molecular complexity index is 520. The normalized spacial score (nSPS) is 10.2. The van der Waals surface area contributed by atoms with Crippen LogP contribution in [0.3, 0.4) is 0 Å². The zero-order valence-corrected chi connectivity index (χ0v) is 9.34. The fraction of sp³-hybridized carbons (Fsp3) is 0.167. The van der Waals surface area contributed by atoms with Crippen LogP contribution in [0.15, 0.2) is 34.9 Å². The lowest BCUT2D eigenvalue weighted by molar-refractivity contribution is 0.0528. The molecule has 2 rings (SSSR count). The molecule has 2 aromatic rings. The van der Waals surface area contributed by atoms with Crippen molar-refractivity contribution in [2.75, 3.05) is 12.3 Å². The molecule has 5 nitrogen and oxygen atoms in total. The molecule has 0 aliphatic rings. The van der Waals surface area contributed by atoms with E-state index < -0.39 is 5.97 Å². The van der Waals surface area contributed by atoms with Gasteiger partial charge in [-0.25, -0.2) is 4.79 Å². The number of ether oxygens (including phenoxy) is 1. The van der Waals surface area contributed by atoms with E-state index in [0.29, 0.717) is 5.69 Å². The second-order valence-electron chi connectivity index (χ2n) is 3.36. The highest BCUT2D eigenvalue weighted by molar-refractivity contribution is 6.00. The number of hydrogen-bond acceptors (Lipinski definition) is 5. The number of carbonyl (C=O) groups excluding carboxylic acids is 1. The largest absolute Gasteiger partial charge is 0.462 e. The van der Waals surface area contributed by atoms with Crippen LogP contribution >= 0.6 is 0 Å². The van der Waals surface area contributed by atoms with E-state index in [1.165, 1.54) is 0 Å². The van der Waals surface area contributed by atoms with Gasteiger partial charge in [-0.05, 0) is 6.92 Å². The molecule has 1 aromatic carbocycles. The van der Waals surface area contributed by atoms with Gasteiger partial charge in [-0.15, -0.1) is 0 Å². The number of nitrogens with two attached hydrogens (primary N) is 1. The highest BCUT2D eigenvalue weighted by Gasteiger charge is 2.23. The highest BCUT2D eigenvalue weighted by Crippen LogP contribution is 2.27. The summed E-state index contributed by atoms with van der Waals surface area (Å²) in [5.41, 5.74) is 6.92. The molecule has 0 saturated carbocycles. The molecule has 1 heterocycles. The zero-order valence-electron chi connectivity index (χ0n) is 9.34. The van der Waals surface area contributed by atoms with Gasteiger partial charge in [0.15, 0.2) is 5.56 Å². The molecule has 0 saturated heterocycles. The van der Waals surface area contributed by atoms with Crippen LogP contribution in [-0.4, -0.2) is 17.7 Å². The molecule has 0 unspecified atom stereocenters. The number of aromatic nitrogens is 1. The van der Waals surface area contributed by atoms with Crippen LogP contribution in [0, 0.1) is 0 Å². The second kappa shape index (κ2) is 4.69. The van der Waals surface area contributed by atoms with Gasteiger partial charge >= 0.3 is 5.97 Å². The monoisotopic (exact) mass is 232 g/mol. The molecular weight excluding hydrogens is 220 g/mol. The van der Waals surface area contributed by atoms with E-state index in [2.05, 4.69) is 5.16 Å². The Morgan fingerprint density at radius 1 is 1.41 bits per heavy atom. The van der Waals surface area contributed by atoms with Crippen molar-refractivity contribution in [1.82, 2.24) is 5.16 Å². The molecule has 17 heavy (non-hydrogen) atoms. The van der Waals surface area contributed by atoms with Crippen molar-refractivity contribution in [1.29, 1.82) is 0 Å². The molecule has 0 aliphatic heterocycles. The lowest BCUT2D eigenvalue weighted by Crippen LogP contribution is -2.07. The Morgan fingerprint density at radius 3 is 2.76 bits per heavy atom. The predicted octanol–water partition coefficient (Wildman–Crippen LogP) is 2.10. The predicted molar refractivity (Wildman–Crippen MR) is 62.3 cm³/mol. The Hall–Kier alpha value is -2.30. The van der Waals surface area contributed by atoms with Crippen LogP contribution in [0.5, 0.6) is 0 Å². The van der Waals surface area contributed by atoms with E-state index in [0.717, 1.165) is 5.56 Å². The number of rotatable bonds is 3. The molecule has 88 valence electrons. The number of esters is 1. The summed E-state index contributed by atoms with van der Waals surface area (Å²) in [6.07, 6.45) is 0.